The number of carbonyl (C=O) groups is 2. The summed E-state index contributed by atoms with van der Waals surface area (Å²) in [5, 5.41) is 0. The fourth-order valence-electron chi connectivity index (χ4n) is 2.95. The molecule has 0 bridgehead atoms. The summed E-state index contributed by atoms with van der Waals surface area (Å²) in [6.45, 7) is 1.48. The fraction of sp³-hybridized carbons (Fsp3) is 0.375. The largest absolute Gasteiger partial charge is 0.338 e. The Bertz CT molecular complexity index is 533. The zero-order valence-electron chi connectivity index (χ0n) is 10.8. The number of allylic oxidation sites excluding steroid dienone is 1. The molecule has 98 valence electrons. The topological polar surface area (TPSA) is 37.4 Å². The first-order chi connectivity index (χ1) is 9.24. The number of likely N-dealkylation sites (tertiary alicyclic amines) is 1. The van der Waals surface area contributed by atoms with Crippen LogP contribution in [0.1, 0.15) is 29.6 Å². The first-order valence-electron chi connectivity index (χ1n) is 6.81. The molecule has 1 aliphatic carbocycles. The second-order valence-corrected chi connectivity index (χ2v) is 5.29. The molecular formula is C16H17NO2. The molecule has 19 heavy (non-hydrogen) atoms. The lowest BCUT2D eigenvalue weighted by atomic mass is 9.82. The zero-order chi connectivity index (χ0) is 13.2. The molecule has 3 heteroatoms. The Morgan fingerprint density at radius 1 is 1.16 bits per heavy atom. The van der Waals surface area contributed by atoms with Gasteiger partial charge in [-0.1, -0.05) is 23.8 Å². The van der Waals surface area contributed by atoms with Gasteiger partial charge in [-0.15, -0.1) is 0 Å². The third-order valence-electron chi connectivity index (χ3n) is 4.03. The maximum Gasteiger partial charge on any atom is 0.253 e. The van der Waals surface area contributed by atoms with Crippen molar-refractivity contribution < 1.29 is 9.59 Å². The number of ketones is 1. The van der Waals surface area contributed by atoms with Crippen LogP contribution >= 0.6 is 0 Å². The van der Waals surface area contributed by atoms with E-state index >= 15 is 0 Å². The van der Waals surface area contributed by atoms with Crippen molar-refractivity contribution in [3.05, 3.63) is 47.5 Å². The van der Waals surface area contributed by atoms with Crippen molar-refractivity contribution in [2.75, 3.05) is 13.1 Å². The highest BCUT2D eigenvalue weighted by Gasteiger charge is 2.30. The van der Waals surface area contributed by atoms with Gasteiger partial charge in [0, 0.05) is 25.1 Å². The molecule has 3 nitrogen and oxygen atoms in total. The van der Waals surface area contributed by atoms with E-state index in [0.717, 1.165) is 31.5 Å². The van der Waals surface area contributed by atoms with Gasteiger partial charge in [-0.2, -0.15) is 0 Å². The Hall–Kier alpha value is -1.90. The van der Waals surface area contributed by atoms with Gasteiger partial charge in [0.05, 0.1) is 0 Å². The molecule has 1 aliphatic heterocycles. The summed E-state index contributed by atoms with van der Waals surface area (Å²) < 4.78 is 0. The van der Waals surface area contributed by atoms with Crippen LogP contribution in [0.4, 0.5) is 0 Å². The summed E-state index contributed by atoms with van der Waals surface area (Å²) >= 11 is 0. The molecule has 1 fully saturated rings. The second-order valence-electron chi connectivity index (χ2n) is 5.29. The first-order valence-corrected chi connectivity index (χ1v) is 6.81. The van der Waals surface area contributed by atoms with E-state index in [1.807, 2.05) is 35.2 Å². The van der Waals surface area contributed by atoms with Crippen LogP contribution in [-0.2, 0) is 4.79 Å². The zero-order valence-corrected chi connectivity index (χ0v) is 10.8. The molecule has 1 heterocycles. The van der Waals surface area contributed by atoms with Gasteiger partial charge in [-0.05, 0) is 37.0 Å². The summed E-state index contributed by atoms with van der Waals surface area (Å²) in [6.07, 6.45) is 4.16. The van der Waals surface area contributed by atoms with E-state index in [4.69, 9.17) is 0 Å². The van der Waals surface area contributed by atoms with Crippen molar-refractivity contribution in [3.63, 3.8) is 0 Å². The van der Waals surface area contributed by atoms with Crippen molar-refractivity contribution in [1.82, 2.24) is 4.90 Å². The molecule has 0 radical (unpaired) electrons. The summed E-state index contributed by atoms with van der Waals surface area (Å²) in [5.74, 6) is 0.741. The normalized spacial score (nSPS) is 22.7. The van der Waals surface area contributed by atoms with Crippen LogP contribution in [-0.4, -0.2) is 29.7 Å². The average Bonchev–Trinajstić information content (AvgIpc) is 2.47. The molecule has 0 unspecified atom stereocenters. The van der Waals surface area contributed by atoms with Crippen molar-refractivity contribution in [2.45, 2.75) is 19.3 Å². The van der Waals surface area contributed by atoms with Gasteiger partial charge in [0.2, 0.25) is 0 Å². The predicted molar refractivity (Wildman–Crippen MR) is 72.8 cm³/mol. The van der Waals surface area contributed by atoms with E-state index in [0.29, 0.717) is 12.3 Å². The van der Waals surface area contributed by atoms with Crippen LogP contribution in [0.15, 0.2) is 42.0 Å². The van der Waals surface area contributed by atoms with E-state index in [1.54, 1.807) is 6.08 Å². The third kappa shape index (κ3) is 2.46. The Morgan fingerprint density at radius 2 is 1.95 bits per heavy atom. The molecule has 1 saturated heterocycles. The number of carbonyl (C=O) groups excluding carboxylic acids is 2. The number of hydrogen-bond acceptors (Lipinski definition) is 2. The minimum absolute atomic E-state index is 0.108. The van der Waals surface area contributed by atoms with Crippen molar-refractivity contribution in [2.24, 2.45) is 5.92 Å². The van der Waals surface area contributed by atoms with Crippen LogP contribution in [0, 0.1) is 5.92 Å². The van der Waals surface area contributed by atoms with E-state index in [2.05, 4.69) is 0 Å². The van der Waals surface area contributed by atoms with Gasteiger partial charge in [-0.25, -0.2) is 0 Å². The Kier molecular flexibility index (Phi) is 3.20. The molecule has 0 spiro atoms. The molecule has 1 aromatic rings. The van der Waals surface area contributed by atoms with Gasteiger partial charge in [0.15, 0.2) is 5.78 Å². The molecule has 1 aromatic carbocycles. The second kappa shape index (κ2) is 5.00. The maximum atomic E-state index is 12.4. The summed E-state index contributed by atoms with van der Waals surface area (Å²) in [6, 6.07) is 9.42. The van der Waals surface area contributed by atoms with Crippen molar-refractivity contribution >= 4 is 11.7 Å². The van der Waals surface area contributed by atoms with E-state index < -0.39 is 0 Å². The van der Waals surface area contributed by atoms with Gasteiger partial charge in [-0.3, -0.25) is 9.59 Å². The third-order valence-corrected chi connectivity index (χ3v) is 4.03. The molecule has 1 atom stereocenters. The Labute approximate surface area is 112 Å². The Morgan fingerprint density at radius 3 is 2.74 bits per heavy atom. The number of piperidine rings is 1. The van der Waals surface area contributed by atoms with Gasteiger partial charge in [0.25, 0.3) is 5.91 Å². The number of benzene rings is 1. The maximum absolute atomic E-state index is 12.4. The standard InChI is InChI=1S/C16H17NO2/c18-15-7-6-14-11-17(9-8-13(14)10-15)16(19)12-4-2-1-3-5-12/h1-5,10,14H,6-9,11H2/t14-/m1/s1. The van der Waals surface area contributed by atoms with Crippen LogP contribution in [0.5, 0.6) is 0 Å². The monoisotopic (exact) mass is 255 g/mol. The van der Waals surface area contributed by atoms with Gasteiger partial charge in [0.1, 0.15) is 0 Å². The highest BCUT2D eigenvalue weighted by atomic mass is 16.2. The van der Waals surface area contributed by atoms with E-state index in [1.165, 1.54) is 5.57 Å². The number of nitrogens with zero attached hydrogens (tertiary/aromatic N) is 1. The van der Waals surface area contributed by atoms with E-state index in [9.17, 15) is 9.59 Å². The minimum Gasteiger partial charge on any atom is -0.338 e. The van der Waals surface area contributed by atoms with Crippen LogP contribution in [0.2, 0.25) is 0 Å². The van der Waals surface area contributed by atoms with Crippen LogP contribution in [0.3, 0.4) is 0 Å². The molecular weight excluding hydrogens is 238 g/mol. The van der Waals surface area contributed by atoms with Gasteiger partial charge < -0.3 is 4.90 Å². The molecule has 0 aromatic heterocycles. The lowest BCUT2D eigenvalue weighted by Gasteiger charge is -2.36. The number of rotatable bonds is 1. The smallest absolute Gasteiger partial charge is 0.253 e. The number of amides is 1. The Balaban J connectivity index is 1.74. The molecule has 1 amide bonds. The summed E-state index contributed by atoms with van der Waals surface area (Å²) in [5.41, 5.74) is 2.00. The average molecular weight is 255 g/mol. The number of hydrogen-bond donors (Lipinski definition) is 0. The molecule has 0 N–H and O–H groups in total. The van der Waals surface area contributed by atoms with Crippen LogP contribution < -0.4 is 0 Å². The summed E-state index contributed by atoms with van der Waals surface area (Å²) in [7, 11) is 0. The predicted octanol–water partition coefficient (Wildman–Crippen LogP) is 2.44. The first kappa shape index (κ1) is 12.2. The highest BCUT2D eigenvalue weighted by Crippen LogP contribution is 2.31. The quantitative estimate of drug-likeness (QED) is 0.773. The highest BCUT2D eigenvalue weighted by molar-refractivity contribution is 5.94. The van der Waals surface area contributed by atoms with Crippen molar-refractivity contribution in [1.29, 1.82) is 0 Å². The fourth-order valence-corrected chi connectivity index (χ4v) is 2.95. The van der Waals surface area contributed by atoms with Crippen LogP contribution in [0.25, 0.3) is 0 Å². The van der Waals surface area contributed by atoms with Gasteiger partial charge >= 0.3 is 0 Å². The lowest BCUT2D eigenvalue weighted by Crippen LogP contribution is -2.42. The minimum atomic E-state index is 0.108. The lowest BCUT2D eigenvalue weighted by molar-refractivity contribution is -0.115. The summed E-state index contributed by atoms with van der Waals surface area (Å²) in [4.78, 5) is 25.7. The SMILES string of the molecule is O=C1C=C2CCN(C(=O)c3ccccc3)C[C@H]2CC1. The van der Waals surface area contributed by atoms with Crippen molar-refractivity contribution in [3.8, 4) is 0 Å². The molecule has 2 aliphatic rings. The van der Waals surface area contributed by atoms with E-state index in [-0.39, 0.29) is 11.7 Å². The molecule has 3 rings (SSSR count). The molecule has 0 saturated carbocycles. The number of fused-ring (bicyclic) bond motifs is 1.